The summed E-state index contributed by atoms with van der Waals surface area (Å²) in [6, 6.07) is 17.7. The fraction of sp³-hybridized carbons (Fsp3) is 0.235. The van der Waals surface area contributed by atoms with E-state index in [1.807, 2.05) is 42.5 Å². The summed E-state index contributed by atoms with van der Waals surface area (Å²) >= 11 is 5.73. The number of hydrogen-bond acceptors (Lipinski definition) is 2. The molecular formula is C17H16ClNO2. The second kappa shape index (κ2) is 6.19. The van der Waals surface area contributed by atoms with Gasteiger partial charge in [-0.15, -0.1) is 11.6 Å². The number of carbonyl (C=O) groups is 1. The lowest BCUT2D eigenvalue weighted by Gasteiger charge is -2.34. The summed E-state index contributed by atoms with van der Waals surface area (Å²) in [7, 11) is 0. The van der Waals surface area contributed by atoms with Gasteiger partial charge in [-0.2, -0.15) is 0 Å². The van der Waals surface area contributed by atoms with Crippen LogP contribution >= 0.6 is 11.6 Å². The zero-order valence-electron chi connectivity index (χ0n) is 11.5. The van der Waals surface area contributed by atoms with Crippen molar-refractivity contribution < 1.29 is 9.53 Å². The quantitative estimate of drug-likeness (QED) is 0.814. The van der Waals surface area contributed by atoms with Gasteiger partial charge in [0, 0.05) is 6.42 Å². The van der Waals surface area contributed by atoms with Crippen LogP contribution in [0.3, 0.4) is 0 Å². The minimum atomic E-state index is -0.0921. The van der Waals surface area contributed by atoms with Crippen molar-refractivity contribution in [2.45, 2.75) is 12.5 Å². The van der Waals surface area contributed by atoms with Crippen molar-refractivity contribution in [2.24, 2.45) is 0 Å². The standard InChI is InChI=1S/C17H16ClNO2/c18-11-17(20)19-12-14(10-13-6-2-1-3-7-13)21-16-9-5-4-8-15(16)19/h1-9,14H,10-12H2. The first-order chi connectivity index (χ1) is 10.3. The lowest BCUT2D eigenvalue weighted by molar-refractivity contribution is -0.116. The molecule has 1 amide bonds. The lowest BCUT2D eigenvalue weighted by atomic mass is 10.1. The zero-order valence-corrected chi connectivity index (χ0v) is 12.3. The van der Waals surface area contributed by atoms with E-state index in [0.29, 0.717) is 6.54 Å². The van der Waals surface area contributed by atoms with Crippen molar-refractivity contribution in [3.8, 4) is 5.75 Å². The predicted octanol–water partition coefficient (Wildman–Crippen LogP) is 3.26. The van der Waals surface area contributed by atoms with Gasteiger partial charge in [-0.25, -0.2) is 0 Å². The van der Waals surface area contributed by atoms with Gasteiger partial charge >= 0.3 is 0 Å². The molecule has 0 saturated carbocycles. The van der Waals surface area contributed by atoms with Crippen molar-refractivity contribution >= 4 is 23.2 Å². The number of carbonyl (C=O) groups excluding carboxylic acids is 1. The zero-order chi connectivity index (χ0) is 14.7. The monoisotopic (exact) mass is 301 g/mol. The van der Waals surface area contributed by atoms with E-state index in [9.17, 15) is 4.79 Å². The van der Waals surface area contributed by atoms with E-state index in [0.717, 1.165) is 17.9 Å². The summed E-state index contributed by atoms with van der Waals surface area (Å²) in [5.74, 6) is 0.625. The Balaban J connectivity index is 1.85. The third-order valence-electron chi connectivity index (χ3n) is 3.56. The van der Waals surface area contributed by atoms with Crippen LogP contribution in [-0.4, -0.2) is 24.4 Å². The molecule has 3 rings (SSSR count). The van der Waals surface area contributed by atoms with E-state index < -0.39 is 0 Å². The molecule has 0 aliphatic carbocycles. The minimum Gasteiger partial charge on any atom is -0.486 e. The second-order valence-corrected chi connectivity index (χ2v) is 5.30. The van der Waals surface area contributed by atoms with Gasteiger partial charge in [0.1, 0.15) is 17.7 Å². The molecule has 4 heteroatoms. The molecule has 108 valence electrons. The third-order valence-corrected chi connectivity index (χ3v) is 3.79. The normalized spacial score (nSPS) is 17.0. The van der Waals surface area contributed by atoms with Crippen LogP contribution in [0.1, 0.15) is 5.56 Å². The fourth-order valence-electron chi connectivity index (χ4n) is 2.59. The average Bonchev–Trinajstić information content (AvgIpc) is 2.54. The summed E-state index contributed by atoms with van der Waals surface area (Å²) in [6.45, 7) is 0.525. The van der Waals surface area contributed by atoms with Crippen LogP contribution in [0.5, 0.6) is 5.75 Å². The number of alkyl halides is 1. The number of amides is 1. The van der Waals surface area contributed by atoms with Crippen molar-refractivity contribution in [1.82, 2.24) is 0 Å². The molecule has 1 unspecified atom stereocenters. The molecule has 2 aromatic carbocycles. The van der Waals surface area contributed by atoms with Crippen molar-refractivity contribution in [2.75, 3.05) is 17.3 Å². The predicted molar refractivity (Wildman–Crippen MR) is 84.1 cm³/mol. The molecule has 2 aromatic rings. The Labute approximate surface area is 129 Å². The highest BCUT2D eigenvalue weighted by molar-refractivity contribution is 6.29. The van der Waals surface area contributed by atoms with E-state index in [2.05, 4.69) is 12.1 Å². The molecule has 21 heavy (non-hydrogen) atoms. The van der Waals surface area contributed by atoms with Crippen LogP contribution in [0.15, 0.2) is 54.6 Å². The highest BCUT2D eigenvalue weighted by Crippen LogP contribution is 2.33. The number of benzene rings is 2. The summed E-state index contributed by atoms with van der Waals surface area (Å²) in [4.78, 5) is 13.8. The highest BCUT2D eigenvalue weighted by Gasteiger charge is 2.29. The van der Waals surface area contributed by atoms with Crippen molar-refractivity contribution in [3.05, 3.63) is 60.2 Å². The molecule has 3 nitrogen and oxygen atoms in total. The Morgan fingerprint density at radius 1 is 1.14 bits per heavy atom. The van der Waals surface area contributed by atoms with Gasteiger partial charge in [0.15, 0.2) is 0 Å². The summed E-state index contributed by atoms with van der Waals surface area (Å²) in [5, 5.41) is 0. The maximum atomic E-state index is 12.1. The smallest absolute Gasteiger partial charge is 0.242 e. The molecule has 0 bridgehead atoms. The van der Waals surface area contributed by atoms with Gasteiger partial charge in [0.25, 0.3) is 0 Å². The molecule has 1 aliphatic rings. The van der Waals surface area contributed by atoms with Gasteiger partial charge in [-0.05, 0) is 17.7 Å². The highest BCUT2D eigenvalue weighted by atomic mass is 35.5. The molecule has 0 fully saturated rings. The van der Waals surface area contributed by atoms with E-state index in [1.54, 1.807) is 4.90 Å². The largest absolute Gasteiger partial charge is 0.486 e. The number of nitrogens with zero attached hydrogens (tertiary/aromatic N) is 1. The molecule has 0 N–H and O–H groups in total. The van der Waals surface area contributed by atoms with Crippen molar-refractivity contribution in [1.29, 1.82) is 0 Å². The summed E-state index contributed by atoms with van der Waals surface area (Å²) in [5.41, 5.74) is 1.99. The van der Waals surface area contributed by atoms with Crippen LogP contribution in [0.2, 0.25) is 0 Å². The lowest BCUT2D eigenvalue weighted by Crippen LogP contribution is -2.45. The fourth-order valence-corrected chi connectivity index (χ4v) is 2.73. The second-order valence-electron chi connectivity index (χ2n) is 5.04. The van der Waals surface area contributed by atoms with E-state index in [1.165, 1.54) is 5.56 Å². The SMILES string of the molecule is O=C(CCl)N1CC(Cc2ccccc2)Oc2ccccc21. The first kappa shape index (κ1) is 14.0. The average molecular weight is 302 g/mol. The number of hydrogen-bond donors (Lipinski definition) is 0. The Hall–Kier alpha value is -2.00. The number of anilines is 1. The molecule has 1 aliphatic heterocycles. The maximum Gasteiger partial charge on any atom is 0.242 e. The molecule has 1 heterocycles. The Morgan fingerprint density at radius 2 is 1.86 bits per heavy atom. The van der Waals surface area contributed by atoms with Gasteiger partial charge < -0.3 is 9.64 Å². The van der Waals surface area contributed by atoms with Crippen LogP contribution in [0.4, 0.5) is 5.69 Å². The van der Waals surface area contributed by atoms with Crippen LogP contribution < -0.4 is 9.64 Å². The van der Waals surface area contributed by atoms with E-state index in [-0.39, 0.29) is 17.9 Å². The number of rotatable bonds is 3. The van der Waals surface area contributed by atoms with Crippen LogP contribution in [0, 0.1) is 0 Å². The Bertz CT molecular complexity index is 630. The molecular weight excluding hydrogens is 286 g/mol. The first-order valence-electron chi connectivity index (χ1n) is 6.94. The number of halogens is 1. The molecule has 0 radical (unpaired) electrons. The number of para-hydroxylation sites is 2. The third kappa shape index (κ3) is 3.03. The summed E-state index contributed by atoms with van der Waals surface area (Å²) < 4.78 is 6.02. The van der Waals surface area contributed by atoms with Gasteiger partial charge in [0.2, 0.25) is 5.91 Å². The number of fused-ring (bicyclic) bond motifs is 1. The summed E-state index contributed by atoms with van der Waals surface area (Å²) in [6.07, 6.45) is 0.704. The van der Waals surface area contributed by atoms with Crippen molar-refractivity contribution in [3.63, 3.8) is 0 Å². The van der Waals surface area contributed by atoms with Crippen LogP contribution in [-0.2, 0) is 11.2 Å². The van der Waals surface area contributed by atoms with E-state index >= 15 is 0 Å². The molecule has 0 aromatic heterocycles. The first-order valence-corrected chi connectivity index (χ1v) is 7.47. The van der Waals surface area contributed by atoms with Gasteiger partial charge in [-0.3, -0.25) is 4.79 Å². The Morgan fingerprint density at radius 3 is 2.62 bits per heavy atom. The maximum absolute atomic E-state index is 12.1. The number of ether oxygens (including phenoxy) is 1. The van der Waals surface area contributed by atoms with Crippen LogP contribution in [0.25, 0.3) is 0 Å². The minimum absolute atomic E-state index is 0.0214. The molecule has 0 spiro atoms. The van der Waals surface area contributed by atoms with Gasteiger partial charge in [-0.1, -0.05) is 42.5 Å². The van der Waals surface area contributed by atoms with E-state index in [4.69, 9.17) is 16.3 Å². The molecule has 0 saturated heterocycles. The van der Waals surface area contributed by atoms with Gasteiger partial charge in [0.05, 0.1) is 12.2 Å². The molecule has 1 atom stereocenters. The topological polar surface area (TPSA) is 29.5 Å². The Kier molecular flexibility index (Phi) is 4.11.